The van der Waals surface area contributed by atoms with Gasteiger partial charge in [0.05, 0.1) is 11.7 Å². The molecule has 0 unspecified atom stereocenters. The van der Waals surface area contributed by atoms with E-state index in [-0.39, 0.29) is 11.8 Å². The van der Waals surface area contributed by atoms with Crippen LogP contribution in [0.5, 0.6) is 0 Å². The molecule has 2 rings (SSSR count). The van der Waals surface area contributed by atoms with Crippen LogP contribution in [0.25, 0.3) is 0 Å². The van der Waals surface area contributed by atoms with Gasteiger partial charge >= 0.3 is 0 Å². The second-order valence-corrected chi connectivity index (χ2v) is 5.38. The van der Waals surface area contributed by atoms with E-state index in [1.165, 1.54) is 0 Å². The van der Waals surface area contributed by atoms with E-state index in [4.69, 9.17) is 0 Å². The van der Waals surface area contributed by atoms with E-state index in [0.717, 1.165) is 6.42 Å². The lowest BCUT2D eigenvalue weighted by atomic mass is 9.76. The summed E-state index contributed by atoms with van der Waals surface area (Å²) in [5, 5.41) is 30.4. The van der Waals surface area contributed by atoms with Gasteiger partial charge in [0.25, 0.3) is 0 Å². The van der Waals surface area contributed by atoms with Crippen molar-refractivity contribution >= 4 is 0 Å². The fourth-order valence-corrected chi connectivity index (χ4v) is 3.16. The fourth-order valence-electron chi connectivity index (χ4n) is 3.16. The SMILES string of the molecule is C[C@H]1C[C@@H](O)C=C[C@]2(O)[C@@H]1CC[C@@]2(C)O. The van der Waals surface area contributed by atoms with Crippen molar-refractivity contribution in [3.8, 4) is 0 Å². The Balaban J connectivity index is 2.39. The lowest BCUT2D eigenvalue weighted by molar-refractivity contribution is -0.115. The maximum absolute atomic E-state index is 10.6. The van der Waals surface area contributed by atoms with E-state index >= 15 is 0 Å². The van der Waals surface area contributed by atoms with Crippen LogP contribution in [0.15, 0.2) is 12.2 Å². The number of fused-ring (bicyclic) bond motifs is 1. The van der Waals surface area contributed by atoms with E-state index in [0.29, 0.717) is 12.8 Å². The van der Waals surface area contributed by atoms with Crippen molar-refractivity contribution in [2.45, 2.75) is 50.4 Å². The monoisotopic (exact) mass is 212 g/mol. The first-order valence-corrected chi connectivity index (χ1v) is 5.69. The zero-order chi connectivity index (χ0) is 11.3. The van der Waals surface area contributed by atoms with Crippen LogP contribution in [0.1, 0.15) is 33.1 Å². The normalized spacial score (nSPS) is 55.1. The maximum atomic E-state index is 10.6. The molecule has 0 radical (unpaired) electrons. The molecule has 0 bridgehead atoms. The first-order valence-electron chi connectivity index (χ1n) is 5.69. The van der Waals surface area contributed by atoms with Gasteiger partial charge in [-0.15, -0.1) is 0 Å². The standard InChI is InChI=1S/C12H20O3/c1-8-7-9(13)3-6-12(15)10(8)4-5-11(12,2)14/h3,6,8-10,13-15H,4-5,7H2,1-2H3/t8-,9-,10+,11+,12-/m0/s1. The van der Waals surface area contributed by atoms with Gasteiger partial charge in [0.15, 0.2) is 0 Å². The first-order chi connectivity index (χ1) is 6.87. The Morgan fingerprint density at radius 1 is 1.33 bits per heavy atom. The van der Waals surface area contributed by atoms with Crippen LogP contribution < -0.4 is 0 Å². The molecule has 0 aliphatic heterocycles. The summed E-state index contributed by atoms with van der Waals surface area (Å²) in [6.07, 6.45) is 4.85. The van der Waals surface area contributed by atoms with Gasteiger partial charge in [0.1, 0.15) is 5.60 Å². The lowest BCUT2D eigenvalue weighted by Gasteiger charge is -2.38. The average molecular weight is 212 g/mol. The topological polar surface area (TPSA) is 60.7 Å². The Hall–Kier alpha value is -0.380. The molecule has 3 nitrogen and oxygen atoms in total. The molecule has 1 saturated carbocycles. The van der Waals surface area contributed by atoms with Gasteiger partial charge < -0.3 is 15.3 Å². The summed E-state index contributed by atoms with van der Waals surface area (Å²) in [7, 11) is 0. The summed E-state index contributed by atoms with van der Waals surface area (Å²) in [5.41, 5.74) is -2.23. The minimum absolute atomic E-state index is 0.0564. The molecule has 0 aromatic carbocycles. The van der Waals surface area contributed by atoms with Crippen molar-refractivity contribution in [3.05, 3.63) is 12.2 Å². The second-order valence-electron chi connectivity index (χ2n) is 5.38. The molecule has 0 spiro atoms. The molecule has 15 heavy (non-hydrogen) atoms. The van der Waals surface area contributed by atoms with E-state index in [1.54, 1.807) is 19.1 Å². The molecule has 2 aliphatic carbocycles. The van der Waals surface area contributed by atoms with Gasteiger partial charge in [-0.1, -0.05) is 19.1 Å². The van der Waals surface area contributed by atoms with Crippen LogP contribution in [0.3, 0.4) is 0 Å². The van der Waals surface area contributed by atoms with Crippen molar-refractivity contribution in [2.24, 2.45) is 11.8 Å². The summed E-state index contributed by atoms with van der Waals surface area (Å²) >= 11 is 0. The van der Waals surface area contributed by atoms with Crippen molar-refractivity contribution in [3.63, 3.8) is 0 Å². The molecular formula is C12H20O3. The Morgan fingerprint density at radius 2 is 2.00 bits per heavy atom. The minimum Gasteiger partial charge on any atom is -0.389 e. The Labute approximate surface area is 90.4 Å². The largest absolute Gasteiger partial charge is 0.389 e. The van der Waals surface area contributed by atoms with Gasteiger partial charge in [-0.25, -0.2) is 0 Å². The fraction of sp³-hybridized carbons (Fsp3) is 0.833. The smallest absolute Gasteiger partial charge is 0.114 e. The third-order valence-corrected chi connectivity index (χ3v) is 4.24. The van der Waals surface area contributed by atoms with Gasteiger partial charge in [-0.2, -0.15) is 0 Å². The van der Waals surface area contributed by atoms with Crippen molar-refractivity contribution in [1.29, 1.82) is 0 Å². The van der Waals surface area contributed by atoms with Crippen LogP contribution in [0.2, 0.25) is 0 Å². The summed E-state index contributed by atoms with van der Waals surface area (Å²) in [6, 6.07) is 0. The molecule has 2 aliphatic rings. The highest BCUT2D eigenvalue weighted by Crippen LogP contribution is 2.49. The van der Waals surface area contributed by atoms with Crippen molar-refractivity contribution < 1.29 is 15.3 Å². The highest BCUT2D eigenvalue weighted by Gasteiger charge is 2.56. The lowest BCUT2D eigenvalue weighted by Crippen LogP contribution is -2.51. The van der Waals surface area contributed by atoms with Gasteiger partial charge in [0.2, 0.25) is 0 Å². The highest BCUT2D eigenvalue weighted by molar-refractivity contribution is 5.21. The molecule has 0 amide bonds. The predicted octanol–water partition coefficient (Wildman–Crippen LogP) is 0.835. The van der Waals surface area contributed by atoms with Crippen LogP contribution in [0.4, 0.5) is 0 Å². The molecule has 0 saturated heterocycles. The van der Waals surface area contributed by atoms with Crippen LogP contribution in [-0.4, -0.2) is 32.6 Å². The van der Waals surface area contributed by atoms with Crippen LogP contribution in [-0.2, 0) is 0 Å². The zero-order valence-corrected chi connectivity index (χ0v) is 9.35. The molecular weight excluding hydrogens is 192 g/mol. The average Bonchev–Trinajstić information content (AvgIpc) is 2.28. The van der Waals surface area contributed by atoms with E-state index in [9.17, 15) is 15.3 Å². The molecule has 0 heterocycles. The number of hydrogen-bond acceptors (Lipinski definition) is 3. The molecule has 5 atom stereocenters. The molecule has 0 aromatic rings. The third-order valence-electron chi connectivity index (χ3n) is 4.24. The number of hydrogen-bond donors (Lipinski definition) is 3. The maximum Gasteiger partial charge on any atom is 0.114 e. The highest BCUT2D eigenvalue weighted by atomic mass is 16.4. The number of aliphatic hydroxyl groups is 3. The predicted molar refractivity (Wildman–Crippen MR) is 57.2 cm³/mol. The summed E-state index contributed by atoms with van der Waals surface area (Å²) < 4.78 is 0. The Bertz CT molecular complexity index is 285. The minimum atomic E-state index is -1.16. The summed E-state index contributed by atoms with van der Waals surface area (Å²) in [6.45, 7) is 3.72. The molecule has 86 valence electrons. The Kier molecular flexibility index (Phi) is 2.45. The van der Waals surface area contributed by atoms with Crippen LogP contribution >= 0.6 is 0 Å². The summed E-state index contributed by atoms with van der Waals surface area (Å²) in [5.74, 6) is 0.287. The molecule has 3 N–H and O–H groups in total. The van der Waals surface area contributed by atoms with E-state index in [2.05, 4.69) is 0 Å². The quantitative estimate of drug-likeness (QED) is 0.521. The van der Waals surface area contributed by atoms with E-state index in [1.807, 2.05) is 6.92 Å². The van der Waals surface area contributed by atoms with E-state index < -0.39 is 17.3 Å². The second kappa shape index (κ2) is 3.30. The zero-order valence-electron chi connectivity index (χ0n) is 9.35. The number of aliphatic hydroxyl groups excluding tert-OH is 1. The first kappa shape index (κ1) is 11.1. The molecule has 0 aromatic heterocycles. The molecule has 1 fully saturated rings. The van der Waals surface area contributed by atoms with Gasteiger partial charge in [-0.3, -0.25) is 0 Å². The number of rotatable bonds is 0. The van der Waals surface area contributed by atoms with Crippen molar-refractivity contribution in [1.82, 2.24) is 0 Å². The van der Waals surface area contributed by atoms with Crippen LogP contribution in [0, 0.1) is 11.8 Å². The Morgan fingerprint density at radius 3 is 2.67 bits per heavy atom. The van der Waals surface area contributed by atoms with Gasteiger partial charge in [0, 0.05) is 0 Å². The summed E-state index contributed by atoms with van der Waals surface area (Å²) in [4.78, 5) is 0. The third kappa shape index (κ3) is 1.53. The molecule has 3 heteroatoms. The van der Waals surface area contributed by atoms with Crippen molar-refractivity contribution in [2.75, 3.05) is 0 Å². The van der Waals surface area contributed by atoms with Gasteiger partial charge in [-0.05, 0) is 38.0 Å².